The quantitative estimate of drug-likeness (QED) is 0.518. The van der Waals surface area contributed by atoms with Crippen LogP contribution < -0.4 is 5.32 Å². The molecule has 3 rings (SSSR count). The molecular weight excluding hydrogens is 110 g/mol. The van der Waals surface area contributed by atoms with Gasteiger partial charge in [0.15, 0.2) is 0 Å². The molecule has 1 nitrogen and oxygen atoms in total. The standard InChI is InChI=1S/C8H15N/c1-8(2)4-6-3-7(5-8)9-6/h6-7,9H,3-5H2,1-2H3. The minimum Gasteiger partial charge on any atom is -0.311 e. The predicted octanol–water partition coefficient (Wildman–Crippen LogP) is 1.54. The Labute approximate surface area is 56.8 Å². The van der Waals surface area contributed by atoms with E-state index in [0.29, 0.717) is 5.41 Å². The van der Waals surface area contributed by atoms with E-state index < -0.39 is 0 Å². The van der Waals surface area contributed by atoms with Crippen molar-refractivity contribution < 1.29 is 0 Å². The summed E-state index contributed by atoms with van der Waals surface area (Å²) in [6, 6.07) is 1.75. The first kappa shape index (κ1) is 5.72. The molecule has 9 heavy (non-hydrogen) atoms. The highest BCUT2D eigenvalue weighted by Gasteiger charge is 2.41. The van der Waals surface area contributed by atoms with Gasteiger partial charge in [-0.15, -0.1) is 0 Å². The Morgan fingerprint density at radius 2 is 1.67 bits per heavy atom. The van der Waals surface area contributed by atoms with Crippen LogP contribution in [0.1, 0.15) is 33.1 Å². The van der Waals surface area contributed by atoms with E-state index in [4.69, 9.17) is 0 Å². The van der Waals surface area contributed by atoms with Crippen LogP contribution in [0.4, 0.5) is 0 Å². The summed E-state index contributed by atoms with van der Waals surface area (Å²) in [7, 11) is 0. The van der Waals surface area contributed by atoms with Crippen LogP contribution in [0.3, 0.4) is 0 Å². The molecule has 1 aliphatic carbocycles. The van der Waals surface area contributed by atoms with E-state index in [9.17, 15) is 0 Å². The van der Waals surface area contributed by atoms with Crippen LogP contribution >= 0.6 is 0 Å². The second-order valence-corrected chi connectivity index (χ2v) is 4.37. The molecule has 2 unspecified atom stereocenters. The molecule has 1 saturated carbocycles. The molecule has 0 aromatic carbocycles. The number of hydrogen-bond donors (Lipinski definition) is 1. The van der Waals surface area contributed by atoms with Gasteiger partial charge in [-0.1, -0.05) is 13.8 Å². The van der Waals surface area contributed by atoms with Crippen molar-refractivity contribution in [3.8, 4) is 0 Å². The van der Waals surface area contributed by atoms with Gasteiger partial charge >= 0.3 is 0 Å². The zero-order valence-corrected chi connectivity index (χ0v) is 6.28. The summed E-state index contributed by atoms with van der Waals surface area (Å²) in [5.41, 5.74) is 0.638. The molecule has 2 heterocycles. The Hall–Kier alpha value is -0.0400. The lowest BCUT2D eigenvalue weighted by Gasteiger charge is -2.50. The molecule has 0 amide bonds. The molecule has 2 saturated heterocycles. The summed E-state index contributed by atoms with van der Waals surface area (Å²) < 4.78 is 0. The third-order valence-corrected chi connectivity index (χ3v) is 2.64. The van der Waals surface area contributed by atoms with E-state index in [0.717, 1.165) is 12.1 Å². The normalized spacial score (nSPS) is 46.0. The van der Waals surface area contributed by atoms with Gasteiger partial charge in [0.05, 0.1) is 0 Å². The fraction of sp³-hybridized carbons (Fsp3) is 1.00. The Balaban J connectivity index is 2.04. The fourth-order valence-electron chi connectivity index (χ4n) is 2.35. The first-order valence-corrected chi connectivity index (χ1v) is 3.92. The van der Waals surface area contributed by atoms with Crippen molar-refractivity contribution in [3.63, 3.8) is 0 Å². The lowest BCUT2D eigenvalue weighted by atomic mass is 9.68. The summed E-state index contributed by atoms with van der Waals surface area (Å²) in [6.45, 7) is 4.76. The molecule has 2 bridgehead atoms. The largest absolute Gasteiger partial charge is 0.311 e. The smallest absolute Gasteiger partial charge is 0.00895 e. The zero-order valence-electron chi connectivity index (χ0n) is 6.28. The molecule has 0 aromatic rings. The van der Waals surface area contributed by atoms with Gasteiger partial charge in [0.2, 0.25) is 0 Å². The molecule has 52 valence electrons. The lowest BCUT2D eigenvalue weighted by Crippen LogP contribution is -2.59. The second kappa shape index (κ2) is 1.51. The molecule has 0 radical (unpaired) electrons. The van der Waals surface area contributed by atoms with Crippen LogP contribution in [0.2, 0.25) is 0 Å². The van der Waals surface area contributed by atoms with E-state index in [2.05, 4.69) is 19.2 Å². The molecule has 0 spiro atoms. The maximum Gasteiger partial charge on any atom is 0.00895 e. The van der Waals surface area contributed by atoms with E-state index in [1.165, 1.54) is 19.3 Å². The number of rotatable bonds is 0. The van der Waals surface area contributed by atoms with Crippen LogP contribution in [0, 0.1) is 5.41 Å². The Morgan fingerprint density at radius 1 is 1.22 bits per heavy atom. The second-order valence-electron chi connectivity index (χ2n) is 4.37. The highest BCUT2D eigenvalue weighted by molar-refractivity contribution is 4.99. The van der Waals surface area contributed by atoms with E-state index >= 15 is 0 Å². The molecule has 0 aromatic heterocycles. The molecule has 3 aliphatic rings. The SMILES string of the molecule is CC1(C)CC2CC(C1)N2. The van der Waals surface area contributed by atoms with E-state index in [-0.39, 0.29) is 0 Å². The first-order valence-electron chi connectivity index (χ1n) is 3.92. The topological polar surface area (TPSA) is 12.0 Å². The number of hydrogen-bond acceptors (Lipinski definition) is 1. The first-order chi connectivity index (χ1) is 4.16. The van der Waals surface area contributed by atoms with Crippen LogP contribution in [-0.4, -0.2) is 12.1 Å². The van der Waals surface area contributed by atoms with Crippen LogP contribution in [0.25, 0.3) is 0 Å². The monoisotopic (exact) mass is 125 g/mol. The molecule has 2 atom stereocenters. The van der Waals surface area contributed by atoms with Gasteiger partial charge in [-0.05, 0) is 24.7 Å². The van der Waals surface area contributed by atoms with Gasteiger partial charge in [-0.3, -0.25) is 0 Å². The minimum atomic E-state index is 0.638. The maximum absolute atomic E-state index is 3.53. The van der Waals surface area contributed by atoms with Crippen molar-refractivity contribution in [2.24, 2.45) is 5.41 Å². The third-order valence-electron chi connectivity index (χ3n) is 2.64. The zero-order chi connectivity index (χ0) is 6.48. The van der Waals surface area contributed by atoms with Crippen LogP contribution in [-0.2, 0) is 0 Å². The van der Waals surface area contributed by atoms with Crippen molar-refractivity contribution in [2.45, 2.75) is 45.2 Å². The molecular formula is C8H15N. The van der Waals surface area contributed by atoms with Crippen molar-refractivity contribution in [1.82, 2.24) is 5.32 Å². The van der Waals surface area contributed by atoms with Gasteiger partial charge in [0.25, 0.3) is 0 Å². The average molecular weight is 125 g/mol. The highest BCUT2D eigenvalue weighted by atomic mass is 15.1. The van der Waals surface area contributed by atoms with Gasteiger partial charge in [-0.25, -0.2) is 0 Å². The Kier molecular flexibility index (Phi) is 0.963. The van der Waals surface area contributed by atoms with Crippen LogP contribution in [0.15, 0.2) is 0 Å². The Morgan fingerprint density at radius 3 is 1.89 bits per heavy atom. The van der Waals surface area contributed by atoms with Crippen molar-refractivity contribution >= 4 is 0 Å². The van der Waals surface area contributed by atoms with Crippen molar-refractivity contribution in [3.05, 3.63) is 0 Å². The number of nitrogens with one attached hydrogen (secondary N) is 1. The summed E-state index contributed by atoms with van der Waals surface area (Å²) >= 11 is 0. The molecule has 2 aliphatic heterocycles. The van der Waals surface area contributed by atoms with E-state index in [1.54, 1.807) is 0 Å². The fourth-order valence-corrected chi connectivity index (χ4v) is 2.35. The predicted molar refractivity (Wildman–Crippen MR) is 38.3 cm³/mol. The van der Waals surface area contributed by atoms with Crippen molar-refractivity contribution in [2.75, 3.05) is 0 Å². The maximum atomic E-state index is 3.53. The number of piperidine rings is 1. The minimum absolute atomic E-state index is 0.638. The summed E-state index contributed by atoms with van der Waals surface area (Å²) in [6.07, 6.45) is 4.23. The van der Waals surface area contributed by atoms with Gasteiger partial charge < -0.3 is 5.32 Å². The highest BCUT2D eigenvalue weighted by Crippen LogP contribution is 2.40. The van der Waals surface area contributed by atoms with Gasteiger partial charge in [0.1, 0.15) is 0 Å². The van der Waals surface area contributed by atoms with Crippen molar-refractivity contribution in [1.29, 1.82) is 0 Å². The Bertz CT molecular complexity index is 111. The summed E-state index contributed by atoms with van der Waals surface area (Å²) in [5, 5.41) is 3.53. The summed E-state index contributed by atoms with van der Waals surface area (Å²) in [4.78, 5) is 0. The molecule has 1 N–H and O–H groups in total. The van der Waals surface area contributed by atoms with E-state index in [1.807, 2.05) is 0 Å². The van der Waals surface area contributed by atoms with Gasteiger partial charge in [0, 0.05) is 12.1 Å². The van der Waals surface area contributed by atoms with Gasteiger partial charge in [-0.2, -0.15) is 0 Å². The lowest BCUT2D eigenvalue weighted by molar-refractivity contribution is 0.0737. The van der Waals surface area contributed by atoms with Crippen LogP contribution in [0.5, 0.6) is 0 Å². The summed E-state index contributed by atoms with van der Waals surface area (Å²) in [5.74, 6) is 0. The average Bonchev–Trinajstić information content (AvgIpc) is 1.58. The third kappa shape index (κ3) is 0.877. The molecule has 1 heteroatoms. The number of fused-ring (bicyclic) bond motifs is 2. The molecule has 3 fully saturated rings.